The Bertz CT molecular complexity index is 891. The lowest BCUT2D eigenvalue weighted by molar-refractivity contribution is -0.139. The molecule has 0 aliphatic rings. The molecular formula is C23H27Cl3N2O2S. The smallest absolute Gasteiger partial charge is 0.242 e. The van der Waals surface area contributed by atoms with Crippen LogP contribution in [0.15, 0.2) is 47.4 Å². The molecule has 0 aliphatic carbocycles. The minimum Gasteiger partial charge on any atom is -0.354 e. The number of carbonyl (C=O) groups excluding carboxylic acids is 2. The topological polar surface area (TPSA) is 49.4 Å². The third kappa shape index (κ3) is 8.23. The van der Waals surface area contributed by atoms with Crippen molar-refractivity contribution >= 4 is 58.4 Å². The molecule has 0 aromatic heterocycles. The van der Waals surface area contributed by atoms with Gasteiger partial charge in [-0.05, 0) is 54.3 Å². The van der Waals surface area contributed by atoms with Gasteiger partial charge in [-0.2, -0.15) is 0 Å². The van der Waals surface area contributed by atoms with E-state index in [0.29, 0.717) is 34.0 Å². The molecule has 0 unspecified atom stereocenters. The summed E-state index contributed by atoms with van der Waals surface area (Å²) in [6.45, 7) is 6.73. The van der Waals surface area contributed by atoms with Crippen LogP contribution in [-0.2, 0) is 16.1 Å². The fraction of sp³-hybridized carbons (Fsp3) is 0.391. The van der Waals surface area contributed by atoms with Crippen LogP contribution >= 0.6 is 46.6 Å². The zero-order valence-corrected chi connectivity index (χ0v) is 20.9. The second-order valence-corrected chi connectivity index (χ2v) is 9.89. The average molecular weight is 502 g/mol. The molecule has 0 saturated carbocycles. The van der Waals surface area contributed by atoms with Crippen molar-refractivity contribution in [2.24, 2.45) is 5.92 Å². The molecule has 2 rings (SSSR count). The molecule has 2 aromatic carbocycles. The van der Waals surface area contributed by atoms with Gasteiger partial charge in [0.25, 0.3) is 0 Å². The first-order valence-corrected chi connectivity index (χ1v) is 12.2. The number of rotatable bonds is 10. The molecule has 0 aliphatic heterocycles. The van der Waals surface area contributed by atoms with Gasteiger partial charge in [-0.25, -0.2) is 0 Å². The van der Waals surface area contributed by atoms with Crippen molar-refractivity contribution in [1.82, 2.24) is 10.2 Å². The Hall–Kier alpha value is -1.40. The van der Waals surface area contributed by atoms with Gasteiger partial charge in [0.2, 0.25) is 11.8 Å². The number of benzene rings is 2. The predicted molar refractivity (Wildman–Crippen MR) is 131 cm³/mol. The Morgan fingerprint density at radius 1 is 1.03 bits per heavy atom. The van der Waals surface area contributed by atoms with Crippen molar-refractivity contribution in [3.63, 3.8) is 0 Å². The molecule has 168 valence electrons. The van der Waals surface area contributed by atoms with Crippen LogP contribution in [-0.4, -0.2) is 35.1 Å². The van der Waals surface area contributed by atoms with E-state index in [9.17, 15) is 9.59 Å². The van der Waals surface area contributed by atoms with E-state index < -0.39 is 6.04 Å². The largest absolute Gasteiger partial charge is 0.354 e. The molecule has 0 fully saturated rings. The first kappa shape index (κ1) is 25.9. The molecule has 1 atom stereocenters. The molecule has 31 heavy (non-hydrogen) atoms. The number of amides is 2. The van der Waals surface area contributed by atoms with E-state index in [2.05, 4.69) is 5.32 Å². The summed E-state index contributed by atoms with van der Waals surface area (Å²) in [5.41, 5.74) is 0.742. The highest BCUT2D eigenvalue weighted by molar-refractivity contribution is 8.00. The maximum atomic E-state index is 13.2. The van der Waals surface area contributed by atoms with E-state index in [-0.39, 0.29) is 24.1 Å². The fourth-order valence-corrected chi connectivity index (χ4v) is 4.31. The van der Waals surface area contributed by atoms with Crippen molar-refractivity contribution in [1.29, 1.82) is 0 Å². The molecule has 2 amide bonds. The molecule has 1 N–H and O–H groups in total. The van der Waals surface area contributed by atoms with Crippen LogP contribution in [0.1, 0.15) is 32.8 Å². The Kier molecular flexibility index (Phi) is 10.5. The molecular weight excluding hydrogens is 475 g/mol. The average Bonchev–Trinajstić information content (AvgIpc) is 2.73. The van der Waals surface area contributed by atoms with E-state index >= 15 is 0 Å². The van der Waals surface area contributed by atoms with Gasteiger partial charge >= 0.3 is 0 Å². The van der Waals surface area contributed by atoms with E-state index in [4.69, 9.17) is 34.8 Å². The number of carbonyl (C=O) groups is 2. The number of hydrogen-bond acceptors (Lipinski definition) is 3. The van der Waals surface area contributed by atoms with Gasteiger partial charge in [-0.15, -0.1) is 11.8 Å². The Morgan fingerprint density at radius 2 is 1.68 bits per heavy atom. The zero-order chi connectivity index (χ0) is 23.0. The molecule has 0 spiro atoms. The summed E-state index contributed by atoms with van der Waals surface area (Å²) in [6, 6.07) is 11.9. The highest BCUT2D eigenvalue weighted by atomic mass is 35.5. The lowest BCUT2D eigenvalue weighted by Gasteiger charge is -2.31. The summed E-state index contributed by atoms with van der Waals surface area (Å²) >= 11 is 19.7. The Labute approximate surface area is 203 Å². The first-order valence-electron chi connectivity index (χ1n) is 10.1. The highest BCUT2D eigenvalue weighted by Crippen LogP contribution is 2.25. The van der Waals surface area contributed by atoms with Crippen molar-refractivity contribution in [2.75, 3.05) is 12.3 Å². The molecule has 0 radical (unpaired) electrons. The van der Waals surface area contributed by atoms with Gasteiger partial charge in [-0.1, -0.05) is 61.6 Å². The van der Waals surface area contributed by atoms with E-state index in [1.165, 1.54) is 11.8 Å². The number of nitrogens with one attached hydrogen (secondary N) is 1. The van der Waals surface area contributed by atoms with Crippen LogP contribution in [0.5, 0.6) is 0 Å². The SMILES string of the molecule is CC[C@H](C(=O)NCC(C)C)N(Cc1ccc(Cl)cc1Cl)C(=O)CSc1ccc(Cl)cc1. The minimum atomic E-state index is -0.594. The summed E-state index contributed by atoms with van der Waals surface area (Å²) in [6.07, 6.45) is 0.493. The number of nitrogens with zero attached hydrogens (tertiary/aromatic N) is 1. The monoisotopic (exact) mass is 500 g/mol. The Morgan fingerprint density at radius 3 is 2.26 bits per heavy atom. The van der Waals surface area contributed by atoms with Crippen LogP contribution in [0, 0.1) is 5.92 Å². The fourth-order valence-electron chi connectivity index (χ4n) is 2.93. The molecule has 0 heterocycles. The van der Waals surface area contributed by atoms with Gasteiger partial charge in [0.05, 0.1) is 5.75 Å². The van der Waals surface area contributed by atoms with Gasteiger partial charge in [0.15, 0.2) is 0 Å². The zero-order valence-electron chi connectivity index (χ0n) is 17.8. The Balaban J connectivity index is 2.22. The summed E-state index contributed by atoms with van der Waals surface area (Å²) in [7, 11) is 0. The summed E-state index contributed by atoms with van der Waals surface area (Å²) in [4.78, 5) is 28.7. The lowest BCUT2D eigenvalue weighted by Crippen LogP contribution is -2.50. The van der Waals surface area contributed by atoms with Crippen molar-refractivity contribution < 1.29 is 9.59 Å². The van der Waals surface area contributed by atoms with Crippen LogP contribution in [0.2, 0.25) is 15.1 Å². The van der Waals surface area contributed by atoms with E-state index in [1.807, 2.05) is 32.9 Å². The summed E-state index contributed by atoms with van der Waals surface area (Å²) in [5.74, 6) is 0.210. The molecule has 2 aromatic rings. The lowest BCUT2D eigenvalue weighted by atomic mass is 10.1. The van der Waals surface area contributed by atoms with Gasteiger partial charge in [0.1, 0.15) is 6.04 Å². The van der Waals surface area contributed by atoms with Gasteiger partial charge < -0.3 is 10.2 Å². The van der Waals surface area contributed by atoms with Crippen molar-refractivity contribution in [2.45, 2.75) is 44.7 Å². The molecule has 4 nitrogen and oxygen atoms in total. The summed E-state index contributed by atoms with van der Waals surface area (Å²) < 4.78 is 0. The highest BCUT2D eigenvalue weighted by Gasteiger charge is 2.29. The maximum Gasteiger partial charge on any atom is 0.242 e. The van der Waals surface area contributed by atoms with Crippen LogP contribution in [0.25, 0.3) is 0 Å². The minimum absolute atomic E-state index is 0.141. The number of hydrogen-bond donors (Lipinski definition) is 1. The van der Waals surface area contributed by atoms with E-state index in [0.717, 1.165) is 10.5 Å². The quantitative estimate of drug-likeness (QED) is 0.388. The van der Waals surface area contributed by atoms with Gasteiger partial charge in [-0.3, -0.25) is 9.59 Å². The van der Waals surface area contributed by atoms with Crippen LogP contribution in [0.4, 0.5) is 0 Å². The van der Waals surface area contributed by atoms with Crippen molar-refractivity contribution in [3.05, 3.63) is 63.1 Å². The standard InChI is InChI=1S/C23H27Cl3N2O2S/c1-4-21(23(30)27-12-15(2)3)28(13-16-5-6-18(25)11-20(16)26)22(29)14-31-19-9-7-17(24)8-10-19/h5-11,15,21H,4,12-14H2,1-3H3,(H,27,30)/t21-/m1/s1. The van der Waals surface area contributed by atoms with Crippen molar-refractivity contribution in [3.8, 4) is 0 Å². The summed E-state index contributed by atoms with van der Waals surface area (Å²) in [5, 5.41) is 4.58. The predicted octanol–water partition coefficient (Wildman–Crippen LogP) is 6.32. The third-order valence-corrected chi connectivity index (χ3v) is 6.44. The molecule has 8 heteroatoms. The molecule has 0 bridgehead atoms. The second-order valence-electron chi connectivity index (χ2n) is 7.56. The van der Waals surface area contributed by atoms with Crippen LogP contribution in [0.3, 0.4) is 0 Å². The van der Waals surface area contributed by atoms with Gasteiger partial charge in [0, 0.05) is 33.1 Å². The first-order chi connectivity index (χ1) is 14.7. The normalized spacial score (nSPS) is 12.0. The van der Waals surface area contributed by atoms with Crippen LogP contribution < -0.4 is 5.32 Å². The van der Waals surface area contributed by atoms with E-state index in [1.54, 1.807) is 35.2 Å². The maximum absolute atomic E-state index is 13.2. The number of thioether (sulfide) groups is 1. The molecule has 0 saturated heterocycles. The number of halogens is 3. The third-order valence-electron chi connectivity index (χ3n) is 4.60. The second kappa shape index (κ2) is 12.6.